The molecule has 9 heteroatoms. The second kappa shape index (κ2) is 8.17. The van der Waals surface area contributed by atoms with Crippen LogP contribution >= 0.6 is 11.8 Å². The normalized spacial score (nSPS) is 10.7. The van der Waals surface area contributed by atoms with Crippen molar-refractivity contribution in [1.29, 1.82) is 0 Å². The maximum absolute atomic E-state index is 12.3. The summed E-state index contributed by atoms with van der Waals surface area (Å²) >= 11 is 1.31. The molecule has 0 saturated heterocycles. The van der Waals surface area contributed by atoms with Gasteiger partial charge in [0.2, 0.25) is 5.91 Å². The van der Waals surface area contributed by atoms with E-state index in [-0.39, 0.29) is 11.7 Å². The third-order valence-electron chi connectivity index (χ3n) is 3.93. The fraction of sp³-hybridized carbons (Fsp3) is 0.278. The number of methoxy groups -OCH3 is 2. The van der Waals surface area contributed by atoms with Crippen molar-refractivity contribution in [2.24, 2.45) is 7.05 Å². The number of furan rings is 1. The van der Waals surface area contributed by atoms with E-state index >= 15 is 0 Å². The number of hydrogen-bond donors (Lipinski definition) is 1. The molecule has 0 aliphatic carbocycles. The van der Waals surface area contributed by atoms with Crippen molar-refractivity contribution in [3.63, 3.8) is 0 Å². The largest absolute Gasteiger partial charge is 0.493 e. The smallest absolute Gasteiger partial charge is 0.234 e. The Kier molecular flexibility index (Phi) is 5.70. The molecule has 1 N–H and O–H groups in total. The Morgan fingerprint density at radius 1 is 1.22 bits per heavy atom. The average molecular weight is 388 g/mol. The van der Waals surface area contributed by atoms with Crippen LogP contribution in [0, 0.1) is 6.92 Å². The standard InChI is InChI=1S/C18H20N4O4S/c1-11-13(7-8-26-11)17-20-21-18(22(17)2)27-10-16(23)19-12-5-6-14(24-3)15(9-12)25-4/h5-9H,10H2,1-4H3,(H,19,23). The minimum absolute atomic E-state index is 0.156. The molecule has 2 heterocycles. The van der Waals surface area contributed by atoms with Gasteiger partial charge in [-0.15, -0.1) is 10.2 Å². The number of aryl methyl sites for hydroxylation is 1. The Labute approximate surface area is 160 Å². The summed E-state index contributed by atoms with van der Waals surface area (Å²) in [6.07, 6.45) is 1.61. The van der Waals surface area contributed by atoms with Gasteiger partial charge in [0, 0.05) is 18.8 Å². The van der Waals surface area contributed by atoms with Gasteiger partial charge in [-0.2, -0.15) is 0 Å². The summed E-state index contributed by atoms with van der Waals surface area (Å²) in [5, 5.41) is 11.8. The van der Waals surface area contributed by atoms with Gasteiger partial charge >= 0.3 is 0 Å². The van der Waals surface area contributed by atoms with Crippen LogP contribution in [0.5, 0.6) is 11.5 Å². The van der Waals surface area contributed by atoms with E-state index in [0.717, 1.165) is 11.3 Å². The maximum atomic E-state index is 12.3. The van der Waals surface area contributed by atoms with Crippen LogP contribution in [0.2, 0.25) is 0 Å². The van der Waals surface area contributed by atoms with Crippen LogP contribution in [0.3, 0.4) is 0 Å². The minimum atomic E-state index is -0.156. The molecule has 0 aliphatic heterocycles. The quantitative estimate of drug-likeness (QED) is 0.622. The molecule has 3 aromatic rings. The highest BCUT2D eigenvalue weighted by molar-refractivity contribution is 7.99. The molecule has 0 aliphatic rings. The first-order valence-corrected chi connectivity index (χ1v) is 9.10. The Morgan fingerprint density at radius 3 is 2.67 bits per heavy atom. The van der Waals surface area contributed by atoms with Gasteiger partial charge in [0.25, 0.3) is 0 Å². The predicted octanol–water partition coefficient (Wildman–Crippen LogP) is 3.13. The van der Waals surface area contributed by atoms with Crippen LogP contribution in [-0.2, 0) is 11.8 Å². The van der Waals surface area contributed by atoms with E-state index in [9.17, 15) is 4.79 Å². The molecule has 3 rings (SSSR count). The van der Waals surface area contributed by atoms with Crippen molar-refractivity contribution >= 4 is 23.4 Å². The molecule has 1 aromatic carbocycles. The number of benzene rings is 1. The number of carbonyl (C=O) groups excluding carboxylic acids is 1. The fourth-order valence-corrected chi connectivity index (χ4v) is 3.24. The minimum Gasteiger partial charge on any atom is -0.493 e. The second-order valence-corrected chi connectivity index (χ2v) is 6.60. The zero-order valence-electron chi connectivity index (χ0n) is 15.5. The Morgan fingerprint density at radius 2 is 2.00 bits per heavy atom. The summed E-state index contributed by atoms with van der Waals surface area (Å²) in [5.41, 5.74) is 1.51. The number of carbonyl (C=O) groups is 1. The van der Waals surface area contributed by atoms with E-state index in [1.165, 1.54) is 11.8 Å². The zero-order valence-corrected chi connectivity index (χ0v) is 16.3. The number of thioether (sulfide) groups is 1. The van der Waals surface area contributed by atoms with Crippen molar-refractivity contribution in [2.45, 2.75) is 12.1 Å². The van der Waals surface area contributed by atoms with Gasteiger partial charge in [-0.05, 0) is 25.1 Å². The van der Waals surface area contributed by atoms with Gasteiger partial charge in [0.1, 0.15) is 5.76 Å². The van der Waals surface area contributed by atoms with Crippen LogP contribution in [-0.4, -0.2) is 40.6 Å². The van der Waals surface area contributed by atoms with Crippen LogP contribution in [0.1, 0.15) is 5.76 Å². The predicted molar refractivity (Wildman–Crippen MR) is 102 cm³/mol. The summed E-state index contributed by atoms with van der Waals surface area (Å²) in [4.78, 5) is 12.3. The van der Waals surface area contributed by atoms with Crippen molar-refractivity contribution in [3.05, 3.63) is 36.3 Å². The number of ether oxygens (including phenoxy) is 2. The fourth-order valence-electron chi connectivity index (χ4n) is 2.53. The molecule has 142 valence electrons. The molecule has 0 saturated carbocycles. The Bertz CT molecular complexity index is 951. The molecule has 27 heavy (non-hydrogen) atoms. The summed E-state index contributed by atoms with van der Waals surface area (Å²) in [6, 6.07) is 7.05. The summed E-state index contributed by atoms with van der Waals surface area (Å²) in [5.74, 6) is 2.67. The maximum Gasteiger partial charge on any atom is 0.234 e. The Hall–Kier alpha value is -2.94. The number of aromatic nitrogens is 3. The first-order chi connectivity index (χ1) is 13.0. The number of nitrogens with zero attached hydrogens (tertiary/aromatic N) is 3. The number of amides is 1. The van der Waals surface area contributed by atoms with Crippen molar-refractivity contribution < 1.29 is 18.7 Å². The molecule has 8 nitrogen and oxygen atoms in total. The lowest BCUT2D eigenvalue weighted by Crippen LogP contribution is -2.14. The van der Waals surface area contributed by atoms with Crippen LogP contribution in [0.25, 0.3) is 11.4 Å². The van der Waals surface area contributed by atoms with Crippen molar-refractivity contribution in [1.82, 2.24) is 14.8 Å². The number of hydrogen-bond acceptors (Lipinski definition) is 7. The van der Waals surface area contributed by atoms with Crippen LogP contribution < -0.4 is 14.8 Å². The molecule has 0 spiro atoms. The molecule has 0 unspecified atom stereocenters. The lowest BCUT2D eigenvalue weighted by atomic mass is 10.2. The van der Waals surface area contributed by atoms with E-state index in [4.69, 9.17) is 13.9 Å². The molecule has 1 amide bonds. The first-order valence-electron chi connectivity index (χ1n) is 8.12. The van der Waals surface area contributed by atoms with E-state index in [2.05, 4.69) is 15.5 Å². The summed E-state index contributed by atoms with van der Waals surface area (Å²) in [7, 11) is 4.97. The summed E-state index contributed by atoms with van der Waals surface area (Å²) in [6.45, 7) is 1.87. The molecular weight excluding hydrogens is 368 g/mol. The lowest BCUT2D eigenvalue weighted by molar-refractivity contribution is -0.113. The van der Waals surface area contributed by atoms with E-state index in [0.29, 0.717) is 28.2 Å². The lowest BCUT2D eigenvalue weighted by Gasteiger charge is -2.10. The summed E-state index contributed by atoms with van der Waals surface area (Å²) < 4.78 is 17.6. The molecule has 0 radical (unpaired) electrons. The highest BCUT2D eigenvalue weighted by Gasteiger charge is 2.16. The second-order valence-electron chi connectivity index (χ2n) is 5.66. The van der Waals surface area contributed by atoms with Crippen molar-refractivity contribution in [2.75, 3.05) is 25.3 Å². The van der Waals surface area contributed by atoms with Gasteiger partial charge in [0.05, 0.1) is 31.8 Å². The third-order valence-corrected chi connectivity index (χ3v) is 4.95. The highest BCUT2D eigenvalue weighted by atomic mass is 32.2. The van der Waals surface area contributed by atoms with E-state index < -0.39 is 0 Å². The molecule has 2 aromatic heterocycles. The van der Waals surface area contributed by atoms with Gasteiger partial charge < -0.3 is 23.8 Å². The molecule has 0 fully saturated rings. The van der Waals surface area contributed by atoms with Gasteiger partial charge in [0.15, 0.2) is 22.5 Å². The van der Waals surface area contributed by atoms with E-state index in [1.807, 2.05) is 24.6 Å². The van der Waals surface area contributed by atoms with Gasteiger partial charge in [-0.1, -0.05) is 11.8 Å². The number of rotatable bonds is 7. The van der Waals surface area contributed by atoms with Crippen LogP contribution in [0.15, 0.2) is 40.1 Å². The SMILES string of the molecule is COc1ccc(NC(=O)CSc2nnc(-c3ccoc3C)n2C)cc1OC. The monoisotopic (exact) mass is 388 g/mol. The average Bonchev–Trinajstić information content (AvgIpc) is 3.25. The van der Waals surface area contributed by atoms with Gasteiger partial charge in [-0.25, -0.2) is 0 Å². The highest BCUT2D eigenvalue weighted by Crippen LogP contribution is 2.30. The van der Waals surface area contributed by atoms with Gasteiger partial charge in [-0.3, -0.25) is 4.79 Å². The zero-order chi connectivity index (χ0) is 19.4. The molecule has 0 bridgehead atoms. The Balaban J connectivity index is 1.63. The number of nitrogens with one attached hydrogen (secondary N) is 1. The molecular formula is C18H20N4O4S. The first kappa shape index (κ1) is 18.8. The molecule has 0 atom stereocenters. The van der Waals surface area contributed by atoms with Crippen molar-refractivity contribution in [3.8, 4) is 22.9 Å². The topological polar surface area (TPSA) is 91.4 Å². The van der Waals surface area contributed by atoms with E-state index in [1.54, 1.807) is 38.7 Å². The number of anilines is 1. The third kappa shape index (κ3) is 4.08. The van der Waals surface area contributed by atoms with Crippen LogP contribution in [0.4, 0.5) is 5.69 Å².